The molecule has 1 aromatic rings. The molecule has 0 amide bonds. The number of ether oxygens (including phenoxy) is 2. The zero-order valence-corrected chi connectivity index (χ0v) is 10.6. The van der Waals surface area contributed by atoms with Crippen LogP contribution in [0.15, 0.2) is 24.3 Å². The molecule has 4 heteroatoms. The van der Waals surface area contributed by atoms with E-state index in [0.717, 1.165) is 24.5 Å². The van der Waals surface area contributed by atoms with Gasteiger partial charge in [-0.3, -0.25) is 0 Å². The van der Waals surface area contributed by atoms with Crippen LogP contribution in [0.3, 0.4) is 0 Å². The SMILES string of the molecule is COc1ccc(OCCCN(C)CCO)cc1. The number of aliphatic hydroxyl groups excluding tert-OH is 1. The van der Waals surface area contributed by atoms with Crippen molar-refractivity contribution in [2.24, 2.45) is 0 Å². The van der Waals surface area contributed by atoms with Crippen LogP contribution in [-0.2, 0) is 0 Å². The second kappa shape index (κ2) is 7.92. The number of rotatable bonds is 8. The third kappa shape index (κ3) is 5.56. The number of methoxy groups -OCH3 is 1. The maximum Gasteiger partial charge on any atom is 0.119 e. The minimum atomic E-state index is 0.204. The van der Waals surface area contributed by atoms with Gasteiger partial charge in [0, 0.05) is 13.1 Å². The summed E-state index contributed by atoms with van der Waals surface area (Å²) < 4.78 is 10.7. The first kappa shape index (κ1) is 13.8. The Morgan fingerprint density at radius 2 is 1.76 bits per heavy atom. The van der Waals surface area contributed by atoms with Crippen LogP contribution in [0.1, 0.15) is 6.42 Å². The molecule has 0 spiro atoms. The summed E-state index contributed by atoms with van der Waals surface area (Å²) in [6, 6.07) is 7.56. The average molecular weight is 239 g/mol. The van der Waals surface area contributed by atoms with Crippen molar-refractivity contribution in [1.29, 1.82) is 0 Å². The molecule has 0 bridgehead atoms. The molecular formula is C13H21NO3. The quantitative estimate of drug-likeness (QED) is 0.696. The maximum absolute atomic E-state index is 8.74. The summed E-state index contributed by atoms with van der Waals surface area (Å²) in [5.74, 6) is 1.69. The third-order valence-electron chi connectivity index (χ3n) is 2.49. The lowest BCUT2D eigenvalue weighted by Gasteiger charge is -2.14. The van der Waals surface area contributed by atoms with Gasteiger partial charge in [0.2, 0.25) is 0 Å². The molecular weight excluding hydrogens is 218 g/mol. The average Bonchev–Trinajstić information content (AvgIpc) is 2.36. The number of hydrogen-bond donors (Lipinski definition) is 1. The van der Waals surface area contributed by atoms with Crippen molar-refractivity contribution in [3.8, 4) is 11.5 Å². The zero-order chi connectivity index (χ0) is 12.5. The maximum atomic E-state index is 8.74. The highest BCUT2D eigenvalue weighted by molar-refractivity contribution is 5.31. The fraction of sp³-hybridized carbons (Fsp3) is 0.538. The van der Waals surface area contributed by atoms with Crippen LogP contribution in [0.2, 0.25) is 0 Å². The van der Waals surface area contributed by atoms with E-state index in [0.29, 0.717) is 13.2 Å². The summed E-state index contributed by atoms with van der Waals surface area (Å²) in [5.41, 5.74) is 0. The molecule has 0 saturated carbocycles. The highest BCUT2D eigenvalue weighted by Gasteiger charge is 1.98. The van der Waals surface area contributed by atoms with Gasteiger partial charge in [-0.25, -0.2) is 0 Å². The van der Waals surface area contributed by atoms with E-state index in [2.05, 4.69) is 4.90 Å². The van der Waals surface area contributed by atoms with Crippen molar-refractivity contribution >= 4 is 0 Å². The number of benzene rings is 1. The highest BCUT2D eigenvalue weighted by Crippen LogP contribution is 2.16. The van der Waals surface area contributed by atoms with Crippen LogP contribution in [0.5, 0.6) is 11.5 Å². The summed E-state index contributed by atoms with van der Waals surface area (Å²) >= 11 is 0. The molecule has 1 aromatic carbocycles. The Balaban J connectivity index is 2.17. The lowest BCUT2D eigenvalue weighted by molar-refractivity contribution is 0.207. The third-order valence-corrected chi connectivity index (χ3v) is 2.49. The van der Waals surface area contributed by atoms with E-state index in [1.165, 1.54) is 0 Å². The van der Waals surface area contributed by atoms with Crippen LogP contribution in [0, 0.1) is 0 Å². The summed E-state index contributed by atoms with van der Waals surface area (Å²) in [5, 5.41) is 8.74. The smallest absolute Gasteiger partial charge is 0.119 e. The van der Waals surface area contributed by atoms with E-state index < -0.39 is 0 Å². The largest absolute Gasteiger partial charge is 0.497 e. The summed E-state index contributed by atoms with van der Waals surface area (Å²) in [6.07, 6.45) is 0.947. The summed E-state index contributed by atoms with van der Waals surface area (Å²) in [7, 11) is 3.64. The molecule has 0 atom stereocenters. The van der Waals surface area contributed by atoms with E-state index in [9.17, 15) is 0 Å². The van der Waals surface area contributed by atoms with Gasteiger partial charge in [-0.1, -0.05) is 0 Å². The van der Waals surface area contributed by atoms with Gasteiger partial charge in [0.15, 0.2) is 0 Å². The molecule has 0 aromatic heterocycles. The van der Waals surface area contributed by atoms with Crippen molar-refractivity contribution in [2.45, 2.75) is 6.42 Å². The van der Waals surface area contributed by atoms with Crippen LogP contribution in [-0.4, -0.2) is 50.5 Å². The van der Waals surface area contributed by atoms with Crippen molar-refractivity contribution in [3.63, 3.8) is 0 Å². The number of nitrogens with zero attached hydrogens (tertiary/aromatic N) is 1. The molecule has 1 N–H and O–H groups in total. The first-order chi connectivity index (χ1) is 8.26. The molecule has 0 aliphatic heterocycles. The lowest BCUT2D eigenvalue weighted by atomic mass is 10.3. The summed E-state index contributed by atoms with van der Waals surface area (Å²) in [4.78, 5) is 2.08. The molecule has 0 aliphatic carbocycles. The van der Waals surface area contributed by atoms with Crippen LogP contribution in [0.4, 0.5) is 0 Å². The molecule has 0 saturated heterocycles. The molecule has 0 heterocycles. The van der Waals surface area contributed by atoms with Gasteiger partial charge in [-0.05, 0) is 37.7 Å². The van der Waals surface area contributed by atoms with Crippen LogP contribution in [0.25, 0.3) is 0 Å². The van der Waals surface area contributed by atoms with Gasteiger partial charge in [-0.2, -0.15) is 0 Å². The predicted octanol–water partition coefficient (Wildman–Crippen LogP) is 1.39. The zero-order valence-electron chi connectivity index (χ0n) is 10.6. The Labute approximate surface area is 103 Å². The van der Waals surface area contributed by atoms with Crippen molar-refractivity contribution in [2.75, 3.05) is 40.5 Å². The predicted molar refractivity (Wildman–Crippen MR) is 67.7 cm³/mol. The number of hydrogen-bond acceptors (Lipinski definition) is 4. The molecule has 1 rings (SSSR count). The Morgan fingerprint density at radius 3 is 2.35 bits per heavy atom. The van der Waals surface area contributed by atoms with Gasteiger partial charge in [0.25, 0.3) is 0 Å². The molecule has 4 nitrogen and oxygen atoms in total. The van der Waals surface area contributed by atoms with Gasteiger partial charge in [0.05, 0.1) is 20.3 Å². The molecule has 0 fully saturated rings. The normalized spacial score (nSPS) is 10.6. The second-order valence-electron chi connectivity index (χ2n) is 3.90. The fourth-order valence-electron chi connectivity index (χ4n) is 1.48. The minimum absolute atomic E-state index is 0.204. The van der Waals surface area contributed by atoms with Gasteiger partial charge in [0.1, 0.15) is 11.5 Å². The topological polar surface area (TPSA) is 41.9 Å². The molecule has 0 unspecified atom stereocenters. The van der Waals surface area contributed by atoms with E-state index in [1.807, 2.05) is 31.3 Å². The fourth-order valence-corrected chi connectivity index (χ4v) is 1.48. The van der Waals surface area contributed by atoms with E-state index in [1.54, 1.807) is 7.11 Å². The number of likely N-dealkylation sites (N-methyl/N-ethyl adjacent to an activating group) is 1. The molecule has 96 valence electrons. The van der Waals surface area contributed by atoms with Gasteiger partial charge < -0.3 is 19.5 Å². The molecule has 17 heavy (non-hydrogen) atoms. The van der Waals surface area contributed by atoms with Crippen molar-refractivity contribution in [3.05, 3.63) is 24.3 Å². The standard InChI is InChI=1S/C13H21NO3/c1-14(9-10-15)8-3-11-17-13-6-4-12(16-2)5-7-13/h4-7,15H,3,8-11H2,1-2H3. The van der Waals surface area contributed by atoms with Crippen LogP contribution >= 0.6 is 0 Å². The van der Waals surface area contributed by atoms with Crippen molar-refractivity contribution in [1.82, 2.24) is 4.90 Å². The van der Waals surface area contributed by atoms with Crippen LogP contribution < -0.4 is 9.47 Å². The Hall–Kier alpha value is -1.26. The first-order valence-electron chi connectivity index (χ1n) is 5.82. The lowest BCUT2D eigenvalue weighted by Crippen LogP contribution is -2.24. The summed E-state index contributed by atoms with van der Waals surface area (Å²) in [6.45, 7) is 2.52. The Bertz CT molecular complexity index is 300. The highest BCUT2D eigenvalue weighted by atomic mass is 16.5. The Kier molecular flexibility index (Phi) is 6.43. The van der Waals surface area contributed by atoms with Gasteiger partial charge >= 0.3 is 0 Å². The monoisotopic (exact) mass is 239 g/mol. The molecule has 0 aliphatic rings. The van der Waals surface area contributed by atoms with E-state index in [-0.39, 0.29) is 6.61 Å². The van der Waals surface area contributed by atoms with E-state index >= 15 is 0 Å². The second-order valence-corrected chi connectivity index (χ2v) is 3.90. The Morgan fingerprint density at radius 1 is 1.12 bits per heavy atom. The first-order valence-corrected chi connectivity index (χ1v) is 5.82. The van der Waals surface area contributed by atoms with E-state index in [4.69, 9.17) is 14.6 Å². The van der Waals surface area contributed by atoms with Crippen molar-refractivity contribution < 1.29 is 14.6 Å². The molecule has 0 radical (unpaired) electrons. The van der Waals surface area contributed by atoms with Gasteiger partial charge in [-0.15, -0.1) is 0 Å². The minimum Gasteiger partial charge on any atom is -0.497 e. The number of aliphatic hydroxyl groups is 1.